The van der Waals surface area contributed by atoms with Crippen LogP contribution >= 0.6 is 0 Å². The Morgan fingerprint density at radius 3 is 0.868 bits per heavy atom. The van der Waals surface area contributed by atoms with Crippen LogP contribution in [0.4, 0.5) is 0 Å². The third-order valence-electron chi connectivity index (χ3n) is 9.83. The molecule has 0 aliphatic carbocycles. The second-order valence-corrected chi connectivity index (χ2v) is 39.1. The van der Waals surface area contributed by atoms with Crippen LogP contribution in [0.15, 0.2) is 24.3 Å². The molecule has 216 valence electrons. The SMILES string of the molecule is CCC[CH2][Sn]([CH2]CCC)([CH2]CCC)[c]1cc[c]([Sn]([CH2]CCC)([CH2]CCC)[CH2]CCC)c2cc(C)c(C)cc12. The predicted octanol–water partition coefficient (Wildman–Crippen LogP) is 11.6. The molecule has 0 amide bonds. The van der Waals surface area contributed by atoms with Crippen molar-refractivity contribution in [3.63, 3.8) is 0 Å². The third kappa shape index (κ3) is 8.90. The minimum absolute atomic E-state index is 1.36. The fourth-order valence-corrected chi connectivity index (χ4v) is 40.7. The molecule has 0 nitrogen and oxygen atoms in total. The van der Waals surface area contributed by atoms with E-state index in [1.165, 1.54) is 88.2 Å². The Morgan fingerprint density at radius 2 is 0.658 bits per heavy atom. The number of fused-ring (bicyclic) bond motifs is 1. The second-order valence-electron chi connectivity index (χ2n) is 12.8. The van der Waals surface area contributed by atoms with Crippen molar-refractivity contribution in [1.82, 2.24) is 0 Å². The van der Waals surface area contributed by atoms with E-state index in [1.54, 1.807) is 37.4 Å². The molecule has 0 aliphatic rings. The van der Waals surface area contributed by atoms with Crippen LogP contribution in [0.25, 0.3) is 10.8 Å². The van der Waals surface area contributed by atoms with Gasteiger partial charge in [0, 0.05) is 0 Å². The van der Waals surface area contributed by atoms with E-state index in [1.807, 2.05) is 7.16 Å². The van der Waals surface area contributed by atoms with Gasteiger partial charge in [-0.05, 0) is 0 Å². The van der Waals surface area contributed by atoms with Gasteiger partial charge in [-0.15, -0.1) is 0 Å². The average Bonchev–Trinajstić information content (AvgIpc) is 2.93. The molecule has 0 N–H and O–H groups in total. The number of aryl methyl sites for hydroxylation is 2. The van der Waals surface area contributed by atoms with Gasteiger partial charge in [-0.2, -0.15) is 0 Å². The van der Waals surface area contributed by atoms with E-state index in [2.05, 4.69) is 79.7 Å². The maximum absolute atomic E-state index is 2.80. The van der Waals surface area contributed by atoms with Gasteiger partial charge >= 0.3 is 249 Å². The molecule has 0 aromatic heterocycles. The number of hydrogen-bond donors (Lipinski definition) is 0. The average molecular weight is 734 g/mol. The summed E-state index contributed by atoms with van der Waals surface area (Å²) in [6.45, 7) is 19.3. The summed E-state index contributed by atoms with van der Waals surface area (Å²) in [5, 5.41) is 3.49. The first kappa shape index (κ1) is 34.5. The molecule has 0 unspecified atom stereocenters. The van der Waals surface area contributed by atoms with Crippen LogP contribution in [-0.2, 0) is 0 Å². The predicted molar refractivity (Wildman–Crippen MR) is 182 cm³/mol. The Labute approximate surface area is 247 Å². The summed E-state index contributed by atoms with van der Waals surface area (Å²) >= 11 is -5.11. The number of unbranched alkanes of at least 4 members (excludes halogenated alkanes) is 6. The molecule has 0 bridgehead atoms. The standard InChI is InChI=1S/C12H10.6C4H9.2Sn/c1-9-7-11-5-3-4-6-12(11)8-10(9)2;6*1-3-4-2;;/h3-4,7-8H,1-2H3;6*1,3-4H2,2H3;;. The molecule has 0 saturated carbocycles. The fourth-order valence-electron chi connectivity index (χ4n) is 7.18. The fraction of sp³-hybridized carbons (Fsp3) is 0.722. The molecular weight excluding hydrogens is 670 g/mol. The van der Waals surface area contributed by atoms with Crippen LogP contribution in [0.2, 0.25) is 26.6 Å². The van der Waals surface area contributed by atoms with Crippen molar-refractivity contribution in [2.24, 2.45) is 0 Å². The molecule has 2 aromatic carbocycles. The Balaban J connectivity index is 2.90. The van der Waals surface area contributed by atoms with Gasteiger partial charge in [0.05, 0.1) is 0 Å². The summed E-state index contributed by atoms with van der Waals surface area (Å²) in [4.78, 5) is 0. The van der Waals surface area contributed by atoms with Gasteiger partial charge < -0.3 is 0 Å². The second kappa shape index (κ2) is 18.0. The summed E-state index contributed by atoms with van der Waals surface area (Å²) < 4.78 is 13.3. The summed E-state index contributed by atoms with van der Waals surface area (Å²) in [5.41, 5.74) is 3.04. The minimum atomic E-state index is -2.56. The Bertz CT molecular complexity index is 824. The number of rotatable bonds is 20. The third-order valence-corrected chi connectivity index (χ3v) is 41.3. The van der Waals surface area contributed by atoms with E-state index >= 15 is 0 Å². The van der Waals surface area contributed by atoms with Crippen molar-refractivity contribution >= 4 is 54.7 Å². The number of benzene rings is 2. The van der Waals surface area contributed by atoms with Crippen LogP contribution in [0, 0.1) is 13.8 Å². The van der Waals surface area contributed by atoms with E-state index in [0.29, 0.717) is 0 Å². The summed E-state index contributed by atoms with van der Waals surface area (Å²) in [5.74, 6) is 0. The normalized spacial score (nSPS) is 12.5. The van der Waals surface area contributed by atoms with Crippen molar-refractivity contribution in [3.8, 4) is 0 Å². The summed E-state index contributed by atoms with van der Waals surface area (Å²) in [6, 6.07) is 11.0. The van der Waals surface area contributed by atoms with E-state index in [4.69, 9.17) is 0 Å². The van der Waals surface area contributed by atoms with Crippen molar-refractivity contribution in [2.45, 2.75) is 159 Å². The van der Waals surface area contributed by atoms with Gasteiger partial charge in [-0.25, -0.2) is 0 Å². The van der Waals surface area contributed by atoms with Gasteiger partial charge in [0.1, 0.15) is 0 Å². The van der Waals surface area contributed by atoms with Crippen molar-refractivity contribution in [3.05, 3.63) is 35.4 Å². The molecule has 0 aliphatic heterocycles. The molecule has 2 heteroatoms. The Morgan fingerprint density at radius 1 is 0.421 bits per heavy atom. The van der Waals surface area contributed by atoms with Crippen molar-refractivity contribution in [2.75, 3.05) is 0 Å². The van der Waals surface area contributed by atoms with Crippen LogP contribution in [0.3, 0.4) is 0 Å². The van der Waals surface area contributed by atoms with Crippen LogP contribution in [-0.4, -0.2) is 36.8 Å². The van der Waals surface area contributed by atoms with Crippen molar-refractivity contribution < 1.29 is 0 Å². The molecule has 38 heavy (non-hydrogen) atoms. The zero-order chi connectivity index (χ0) is 28.0. The van der Waals surface area contributed by atoms with Gasteiger partial charge in [0.25, 0.3) is 0 Å². The molecule has 2 aromatic rings. The van der Waals surface area contributed by atoms with Crippen molar-refractivity contribution in [1.29, 1.82) is 0 Å². The molecule has 2 rings (SSSR count). The summed E-state index contributed by atoms with van der Waals surface area (Å²) in [6.07, 6.45) is 16.8. The first-order valence-electron chi connectivity index (χ1n) is 16.9. The van der Waals surface area contributed by atoms with Crippen LogP contribution in [0.1, 0.15) is 130 Å². The number of hydrogen-bond acceptors (Lipinski definition) is 0. The molecule has 0 fully saturated rings. The molecule has 0 spiro atoms. The van der Waals surface area contributed by atoms with Gasteiger partial charge in [0.2, 0.25) is 0 Å². The topological polar surface area (TPSA) is 0 Å². The van der Waals surface area contributed by atoms with Gasteiger partial charge in [0.15, 0.2) is 0 Å². The van der Waals surface area contributed by atoms with Gasteiger partial charge in [-0.3, -0.25) is 0 Å². The molecule has 0 radical (unpaired) electrons. The quantitative estimate of drug-likeness (QED) is 0.119. The zero-order valence-corrected chi connectivity index (χ0v) is 32.7. The van der Waals surface area contributed by atoms with E-state index in [-0.39, 0.29) is 0 Å². The summed E-state index contributed by atoms with van der Waals surface area (Å²) in [7, 11) is 0. The monoisotopic (exact) mass is 736 g/mol. The van der Waals surface area contributed by atoms with E-state index in [9.17, 15) is 0 Å². The first-order chi connectivity index (χ1) is 18.4. The van der Waals surface area contributed by atoms with Crippen LogP contribution in [0.5, 0.6) is 0 Å². The van der Waals surface area contributed by atoms with E-state index in [0.717, 1.165) is 0 Å². The molecule has 0 heterocycles. The maximum atomic E-state index is 2.80. The Hall–Kier alpha value is 0.297. The molecule has 0 atom stereocenters. The zero-order valence-electron chi connectivity index (χ0n) is 27.0. The van der Waals surface area contributed by atoms with E-state index < -0.39 is 36.8 Å². The first-order valence-corrected chi connectivity index (χ1v) is 31.9. The van der Waals surface area contributed by atoms with Crippen LogP contribution < -0.4 is 7.16 Å². The molecule has 0 saturated heterocycles. The molecular formula is C36H64Sn2. The van der Waals surface area contributed by atoms with Gasteiger partial charge in [-0.1, -0.05) is 0 Å². The Kier molecular flexibility index (Phi) is 16.3.